The van der Waals surface area contributed by atoms with Gasteiger partial charge in [-0.1, -0.05) is 41.6 Å². The largest absolute Gasteiger partial charge is 0.344 e. The molecule has 0 radical (unpaired) electrons. The zero-order chi connectivity index (χ0) is 20.8. The smallest absolute Gasteiger partial charge is 0.232 e. The molecule has 3 rings (SSSR count). The number of hydrogen-bond acceptors (Lipinski definition) is 5. The Bertz CT molecular complexity index is 1040. The van der Waals surface area contributed by atoms with E-state index in [9.17, 15) is 4.79 Å². The molecule has 1 amide bonds. The first-order valence-corrected chi connectivity index (χ1v) is 10.4. The highest BCUT2D eigenvalue weighted by atomic mass is 35.5. The summed E-state index contributed by atoms with van der Waals surface area (Å²) in [5.74, 6) is 0.841. The summed E-state index contributed by atoms with van der Waals surface area (Å²) in [7, 11) is 1.70. The van der Waals surface area contributed by atoms with Crippen molar-refractivity contribution in [1.82, 2.24) is 19.7 Å². The minimum absolute atomic E-state index is 0.0578. The van der Waals surface area contributed by atoms with E-state index < -0.39 is 0 Å². The SMILES string of the molecule is Cc1ccccc1-n1c(SCC(=O)N(C)CCC#N)nnc1-c1ccc(Cl)cc1. The Balaban J connectivity index is 1.94. The molecule has 29 heavy (non-hydrogen) atoms. The molecule has 0 aliphatic heterocycles. The van der Waals surface area contributed by atoms with Gasteiger partial charge in [-0.3, -0.25) is 9.36 Å². The number of amides is 1. The van der Waals surface area contributed by atoms with Crippen molar-refractivity contribution in [1.29, 1.82) is 5.26 Å². The summed E-state index contributed by atoms with van der Waals surface area (Å²) in [6, 6.07) is 17.4. The number of halogens is 1. The fourth-order valence-electron chi connectivity index (χ4n) is 2.76. The number of aryl methyl sites for hydroxylation is 1. The number of hydrogen-bond donors (Lipinski definition) is 0. The van der Waals surface area contributed by atoms with Gasteiger partial charge in [0.25, 0.3) is 0 Å². The van der Waals surface area contributed by atoms with Crippen molar-refractivity contribution in [2.75, 3.05) is 19.3 Å². The summed E-state index contributed by atoms with van der Waals surface area (Å²) < 4.78 is 1.96. The summed E-state index contributed by atoms with van der Waals surface area (Å²) in [5.41, 5.74) is 2.91. The average Bonchev–Trinajstić information content (AvgIpc) is 3.14. The fourth-order valence-corrected chi connectivity index (χ4v) is 3.77. The van der Waals surface area contributed by atoms with Crippen molar-refractivity contribution in [2.45, 2.75) is 18.5 Å². The minimum Gasteiger partial charge on any atom is -0.344 e. The maximum atomic E-state index is 12.4. The predicted molar refractivity (Wildman–Crippen MR) is 115 cm³/mol. The van der Waals surface area contributed by atoms with E-state index in [1.807, 2.05) is 60.0 Å². The van der Waals surface area contributed by atoms with Crippen LogP contribution in [0, 0.1) is 18.3 Å². The second-order valence-electron chi connectivity index (χ2n) is 6.45. The van der Waals surface area contributed by atoms with Gasteiger partial charge in [-0.15, -0.1) is 10.2 Å². The molecule has 6 nitrogen and oxygen atoms in total. The van der Waals surface area contributed by atoms with Gasteiger partial charge in [-0.2, -0.15) is 5.26 Å². The summed E-state index contributed by atoms with van der Waals surface area (Å²) >= 11 is 7.36. The molecule has 0 N–H and O–H groups in total. The molecule has 2 aromatic carbocycles. The summed E-state index contributed by atoms with van der Waals surface area (Å²) in [5, 5.41) is 18.7. The number of thioether (sulfide) groups is 1. The van der Waals surface area contributed by atoms with Crippen LogP contribution in [0.25, 0.3) is 17.1 Å². The van der Waals surface area contributed by atoms with Gasteiger partial charge < -0.3 is 4.90 Å². The molecule has 148 valence electrons. The zero-order valence-electron chi connectivity index (χ0n) is 16.2. The van der Waals surface area contributed by atoms with Crippen molar-refractivity contribution in [2.24, 2.45) is 0 Å². The fraction of sp³-hybridized carbons (Fsp3) is 0.238. The minimum atomic E-state index is -0.0578. The van der Waals surface area contributed by atoms with Crippen molar-refractivity contribution in [3.63, 3.8) is 0 Å². The van der Waals surface area contributed by atoms with Crippen molar-refractivity contribution >= 4 is 29.3 Å². The topological polar surface area (TPSA) is 74.8 Å². The van der Waals surface area contributed by atoms with Gasteiger partial charge in [-0.05, 0) is 42.8 Å². The standard InChI is InChI=1S/C21H20ClN5OS/c1-15-6-3-4-7-18(15)27-20(16-8-10-17(22)11-9-16)24-25-21(27)29-14-19(28)26(2)13-5-12-23/h3-4,6-11H,5,13-14H2,1-2H3. The molecule has 0 bridgehead atoms. The molecule has 1 heterocycles. The number of rotatable bonds is 7. The van der Waals surface area contributed by atoms with Gasteiger partial charge in [0, 0.05) is 24.2 Å². The number of benzene rings is 2. The predicted octanol–water partition coefficient (Wildman–Crippen LogP) is 4.36. The van der Waals surface area contributed by atoms with Gasteiger partial charge in [-0.25, -0.2) is 0 Å². The Morgan fingerprint density at radius 2 is 1.93 bits per heavy atom. The van der Waals surface area contributed by atoms with Crippen molar-refractivity contribution in [3.05, 3.63) is 59.1 Å². The van der Waals surface area contributed by atoms with Gasteiger partial charge in [0.2, 0.25) is 5.91 Å². The highest BCUT2D eigenvalue weighted by Gasteiger charge is 2.19. The number of nitriles is 1. The molecule has 8 heteroatoms. The molecule has 0 fully saturated rings. The van der Waals surface area contributed by atoms with Crippen LogP contribution < -0.4 is 0 Å². The van der Waals surface area contributed by atoms with Gasteiger partial charge in [0.05, 0.1) is 23.9 Å². The Kier molecular flexibility index (Phi) is 6.91. The van der Waals surface area contributed by atoms with Gasteiger partial charge >= 0.3 is 0 Å². The molecule has 0 saturated carbocycles. The van der Waals surface area contributed by atoms with Crippen LogP contribution in [-0.2, 0) is 4.79 Å². The molecule has 0 aliphatic rings. The third-order valence-electron chi connectivity index (χ3n) is 4.40. The van der Waals surface area contributed by atoms with Crippen LogP contribution in [0.1, 0.15) is 12.0 Å². The Hall–Kier alpha value is -2.82. The van der Waals surface area contributed by atoms with Crippen LogP contribution in [0.2, 0.25) is 5.02 Å². The third-order valence-corrected chi connectivity index (χ3v) is 5.57. The van der Waals surface area contributed by atoms with Crippen molar-refractivity contribution < 1.29 is 4.79 Å². The third kappa shape index (κ3) is 4.97. The number of para-hydroxylation sites is 1. The number of carbonyl (C=O) groups is 1. The monoisotopic (exact) mass is 425 g/mol. The van der Waals surface area contributed by atoms with Crippen LogP contribution >= 0.6 is 23.4 Å². The average molecular weight is 426 g/mol. The van der Waals surface area contributed by atoms with Crippen LogP contribution in [0.15, 0.2) is 53.7 Å². The number of nitrogens with zero attached hydrogens (tertiary/aromatic N) is 5. The Morgan fingerprint density at radius 1 is 1.21 bits per heavy atom. The molecular formula is C21H20ClN5OS. The van der Waals surface area contributed by atoms with E-state index in [4.69, 9.17) is 16.9 Å². The molecular weight excluding hydrogens is 406 g/mol. The molecule has 0 unspecified atom stereocenters. The van der Waals surface area contributed by atoms with E-state index >= 15 is 0 Å². The molecule has 0 saturated heterocycles. The molecule has 0 atom stereocenters. The van der Waals surface area contributed by atoms with Crippen LogP contribution in [-0.4, -0.2) is 44.9 Å². The lowest BCUT2D eigenvalue weighted by Crippen LogP contribution is -2.29. The Labute approximate surface area is 179 Å². The summed E-state index contributed by atoms with van der Waals surface area (Å²) in [6.07, 6.45) is 0.313. The molecule has 0 spiro atoms. The van der Waals surface area contributed by atoms with E-state index in [1.165, 1.54) is 11.8 Å². The zero-order valence-corrected chi connectivity index (χ0v) is 17.7. The first kappa shape index (κ1) is 20.9. The van der Waals surface area contributed by atoms with E-state index in [0.29, 0.717) is 29.0 Å². The second kappa shape index (κ2) is 9.59. The lowest BCUT2D eigenvalue weighted by atomic mass is 10.1. The highest BCUT2D eigenvalue weighted by molar-refractivity contribution is 7.99. The maximum Gasteiger partial charge on any atom is 0.232 e. The maximum absolute atomic E-state index is 12.4. The number of carbonyl (C=O) groups excluding carboxylic acids is 1. The lowest BCUT2D eigenvalue weighted by Gasteiger charge is -2.16. The van der Waals surface area contributed by atoms with E-state index in [1.54, 1.807) is 11.9 Å². The quantitative estimate of drug-likeness (QED) is 0.526. The Morgan fingerprint density at radius 3 is 2.62 bits per heavy atom. The van der Waals surface area contributed by atoms with Gasteiger partial charge in [0.15, 0.2) is 11.0 Å². The second-order valence-corrected chi connectivity index (χ2v) is 7.83. The van der Waals surface area contributed by atoms with Crippen LogP contribution in [0.5, 0.6) is 0 Å². The van der Waals surface area contributed by atoms with Crippen LogP contribution in [0.3, 0.4) is 0 Å². The normalized spacial score (nSPS) is 10.6. The summed E-state index contributed by atoms with van der Waals surface area (Å²) in [6.45, 7) is 2.44. The molecule has 0 aliphatic carbocycles. The van der Waals surface area contributed by atoms with E-state index in [-0.39, 0.29) is 11.7 Å². The van der Waals surface area contributed by atoms with E-state index in [0.717, 1.165) is 16.8 Å². The molecule has 3 aromatic rings. The van der Waals surface area contributed by atoms with E-state index in [2.05, 4.69) is 16.3 Å². The highest BCUT2D eigenvalue weighted by Crippen LogP contribution is 2.30. The van der Waals surface area contributed by atoms with Crippen molar-refractivity contribution in [3.8, 4) is 23.1 Å². The van der Waals surface area contributed by atoms with Gasteiger partial charge in [0.1, 0.15) is 0 Å². The summed E-state index contributed by atoms with van der Waals surface area (Å²) in [4.78, 5) is 13.9. The number of aromatic nitrogens is 3. The molecule has 1 aromatic heterocycles. The first-order valence-electron chi connectivity index (χ1n) is 9.02. The first-order chi connectivity index (χ1) is 14.0. The van der Waals surface area contributed by atoms with Crippen LogP contribution in [0.4, 0.5) is 0 Å². The lowest BCUT2D eigenvalue weighted by molar-refractivity contribution is -0.127.